The molecule has 0 saturated heterocycles. The van der Waals surface area contributed by atoms with Gasteiger partial charge in [-0.2, -0.15) is 13.2 Å². The maximum absolute atomic E-state index is 12.7. The van der Waals surface area contributed by atoms with Crippen molar-refractivity contribution in [1.82, 2.24) is 9.97 Å². The minimum absolute atomic E-state index is 0.210. The molecule has 1 N–H and O–H groups in total. The van der Waals surface area contributed by atoms with Gasteiger partial charge in [0, 0.05) is 23.5 Å². The molecule has 0 radical (unpaired) electrons. The first-order valence-electron chi connectivity index (χ1n) is 4.96. The summed E-state index contributed by atoms with van der Waals surface area (Å²) in [6.45, 7) is 3.71. The number of halogens is 4. The quantitative estimate of drug-likeness (QED) is 0.874. The number of alkyl halides is 3. The Balaban J connectivity index is 2.50. The second-order valence-electron chi connectivity index (χ2n) is 3.58. The number of nitrogens with zero attached hydrogens (tertiary/aromatic N) is 1. The second-order valence-corrected chi connectivity index (χ2v) is 3.96. The van der Waals surface area contributed by atoms with Gasteiger partial charge in [-0.1, -0.05) is 30.3 Å². The summed E-state index contributed by atoms with van der Waals surface area (Å²) >= 11 is 5.78. The monoisotopic (exact) mass is 272 g/mol. The minimum Gasteiger partial charge on any atom is -0.345 e. The normalized spacial score (nSPS) is 11.6. The van der Waals surface area contributed by atoms with Crippen molar-refractivity contribution in [3.63, 3.8) is 0 Å². The van der Waals surface area contributed by atoms with Crippen molar-refractivity contribution >= 4 is 17.2 Å². The molecule has 0 aliphatic heterocycles. The van der Waals surface area contributed by atoms with Gasteiger partial charge in [0.15, 0.2) is 0 Å². The van der Waals surface area contributed by atoms with Crippen LogP contribution in [0.4, 0.5) is 13.2 Å². The lowest BCUT2D eigenvalue weighted by atomic mass is 10.0. The van der Waals surface area contributed by atoms with E-state index in [9.17, 15) is 13.2 Å². The molecule has 0 bridgehead atoms. The number of nitrogens with one attached hydrogen (secondary N) is 1. The van der Waals surface area contributed by atoms with Gasteiger partial charge < -0.3 is 4.98 Å². The van der Waals surface area contributed by atoms with E-state index in [1.807, 2.05) is 0 Å². The predicted octanol–water partition coefficient (Wildman–Crippen LogP) is 4.14. The maximum atomic E-state index is 12.7. The molecule has 1 heterocycles. The summed E-state index contributed by atoms with van der Waals surface area (Å²) in [5.74, 6) is 0.385. The van der Waals surface area contributed by atoms with Gasteiger partial charge in [-0.3, -0.25) is 0 Å². The van der Waals surface area contributed by atoms with Crippen LogP contribution in [0.3, 0.4) is 0 Å². The number of rotatable bonds is 2. The van der Waals surface area contributed by atoms with Crippen molar-refractivity contribution in [3.8, 4) is 0 Å². The lowest BCUT2D eigenvalue weighted by molar-refractivity contribution is -0.137. The fourth-order valence-corrected chi connectivity index (χ4v) is 1.89. The van der Waals surface area contributed by atoms with E-state index in [0.717, 1.165) is 6.07 Å². The predicted molar refractivity (Wildman–Crippen MR) is 63.2 cm³/mol. The first-order valence-corrected chi connectivity index (χ1v) is 5.34. The van der Waals surface area contributed by atoms with Gasteiger partial charge in [-0.05, 0) is 6.07 Å². The number of aromatic nitrogens is 2. The van der Waals surface area contributed by atoms with E-state index in [0.29, 0.717) is 11.4 Å². The zero-order valence-electron chi connectivity index (χ0n) is 9.05. The average Bonchev–Trinajstić information content (AvgIpc) is 2.80. The zero-order chi connectivity index (χ0) is 13.3. The average molecular weight is 273 g/mol. The van der Waals surface area contributed by atoms with E-state index in [2.05, 4.69) is 16.5 Å². The van der Waals surface area contributed by atoms with Crippen molar-refractivity contribution < 1.29 is 13.2 Å². The van der Waals surface area contributed by atoms with Crippen LogP contribution in [-0.2, 0) is 6.18 Å². The highest BCUT2D eigenvalue weighted by atomic mass is 35.5. The lowest BCUT2D eigenvalue weighted by Gasteiger charge is -2.12. The van der Waals surface area contributed by atoms with Crippen LogP contribution in [-0.4, -0.2) is 9.97 Å². The molecule has 1 aromatic heterocycles. The van der Waals surface area contributed by atoms with Crippen LogP contribution in [0, 0.1) is 0 Å². The van der Waals surface area contributed by atoms with Crippen LogP contribution in [0.15, 0.2) is 37.2 Å². The molecular weight excluding hydrogens is 265 g/mol. The Kier molecular flexibility index (Phi) is 3.17. The number of imidazole rings is 1. The van der Waals surface area contributed by atoms with E-state index in [1.54, 1.807) is 6.20 Å². The number of aromatic amines is 1. The van der Waals surface area contributed by atoms with E-state index in [4.69, 9.17) is 11.6 Å². The summed E-state index contributed by atoms with van der Waals surface area (Å²) in [4.78, 5) is 6.70. The van der Waals surface area contributed by atoms with Crippen molar-refractivity contribution in [2.75, 3.05) is 0 Å². The molecule has 0 atom stereocenters. The van der Waals surface area contributed by atoms with Crippen molar-refractivity contribution in [3.05, 3.63) is 59.1 Å². The van der Waals surface area contributed by atoms with Crippen molar-refractivity contribution in [1.29, 1.82) is 0 Å². The molecule has 2 nitrogen and oxygen atoms in total. The Bertz CT molecular complexity index is 574. The SMILES string of the molecule is C=C(c1ncc[nH]1)c1cccc(C(F)(F)F)c1Cl. The molecule has 0 aliphatic carbocycles. The first kappa shape index (κ1) is 12.7. The Labute approximate surface area is 106 Å². The molecule has 0 aliphatic rings. The first-order chi connectivity index (χ1) is 8.41. The van der Waals surface area contributed by atoms with E-state index >= 15 is 0 Å². The summed E-state index contributed by atoms with van der Waals surface area (Å²) < 4.78 is 38.1. The Morgan fingerprint density at radius 1 is 1.33 bits per heavy atom. The lowest BCUT2D eigenvalue weighted by Crippen LogP contribution is -2.07. The number of hydrogen-bond donors (Lipinski definition) is 1. The van der Waals surface area contributed by atoms with Crippen LogP contribution in [0.1, 0.15) is 17.0 Å². The molecule has 2 rings (SSSR count). The molecular formula is C12H8ClF3N2. The highest BCUT2D eigenvalue weighted by Gasteiger charge is 2.34. The van der Waals surface area contributed by atoms with E-state index in [-0.39, 0.29) is 10.6 Å². The highest BCUT2D eigenvalue weighted by molar-refractivity contribution is 6.33. The van der Waals surface area contributed by atoms with Gasteiger partial charge in [0.05, 0.1) is 10.6 Å². The molecule has 6 heteroatoms. The molecule has 1 aromatic carbocycles. The fraction of sp³-hybridized carbons (Fsp3) is 0.0833. The Morgan fingerprint density at radius 2 is 2.06 bits per heavy atom. The summed E-state index contributed by atoms with van der Waals surface area (Å²) in [6, 6.07) is 3.70. The standard InChI is InChI=1S/C12H8ClF3N2/c1-7(11-17-5-6-18-11)8-3-2-4-9(10(8)13)12(14,15)16/h2-6H,1H2,(H,17,18). The topological polar surface area (TPSA) is 28.7 Å². The zero-order valence-corrected chi connectivity index (χ0v) is 9.81. The Hall–Kier alpha value is -1.75. The summed E-state index contributed by atoms with van der Waals surface area (Å²) in [5, 5.41) is -0.369. The van der Waals surface area contributed by atoms with Crippen LogP contribution >= 0.6 is 11.6 Å². The third kappa shape index (κ3) is 2.26. The van der Waals surface area contributed by atoms with Gasteiger partial charge >= 0.3 is 6.18 Å². The molecule has 0 unspecified atom stereocenters. The fourth-order valence-electron chi connectivity index (χ4n) is 1.54. The summed E-state index contributed by atoms with van der Waals surface area (Å²) in [6.07, 6.45) is -1.44. The summed E-state index contributed by atoms with van der Waals surface area (Å²) in [7, 11) is 0. The van der Waals surface area contributed by atoms with Crippen LogP contribution in [0.2, 0.25) is 5.02 Å². The Morgan fingerprint density at radius 3 is 2.61 bits per heavy atom. The smallest absolute Gasteiger partial charge is 0.345 e. The molecule has 94 valence electrons. The molecule has 18 heavy (non-hydrogen) atoms. The molecule has 0 saturated carbocycles. The molecule has 0 fully saturated rings. The van der Waals surface area contributed by atoms with Gasteiger partial charge in [-0.25, -0.2) is 4.98 Å². The number of hydrogen-bond acceptors (Lipinski definition) is 1. The minimum atomic E-state index is -4.49. The molecule has 0 spiro atoms. The molecule has 2 aromatic rings. The van der Waals surface area contributed by atoms with Crippen LogP contribution in [0.5, 0.6) is 0 Å². The van der Waals surface area contributed by atoms with Gasteiger partial charge in [0.25, 0.3) is 0 Å². The third-order valence-electron chi connectivity index (χ3n) is 2.41. The van der Waals surface area contributed by atoms with Crippen LogP contribution < -0.4 is 0 Å². The molecule has 0 amide bonds. The largest absolute Gasteiger partial charge is 0.417 e. The summed E-state index contributed by atoms with van der Waals surface area (Å²) in [5.41, 5.74) is -0.355. The number of benzene rings is 1. The number of H-pyrrole nitrogens is 1. The van der Waals surface area contributed by atoms with Crippen molar-refractivity contribution in [2.24, 2.45) is 0 Å². The van der Waals surface area contributed by atoms with Gasteiger partial charge in [0.1, 0.15) is 5.82 Å². The van der Waals surface area contributed by atoms with E-state index in [1.165, 1.54) is 18.3 Å². The van der Waals surface area contributed by atoms with Crippen molar-refractivity contribution in [2.45, 2.75) is 6.18 Å². The van der Waals surface area contributed by atoms with Gasteiger partial charge in [-0.15, -0.1) is 0 Å². The second kappa shape index (κ2) is 4.49. The highest BCUT2D eigenvalue weighted by Crippen LogP contribution is 2.38. The maximum Gasteiger partial charge on any atom is 0.417 e. The third-order valence-corrected chi connectivity index (χ3v) is 2.82. The van der Waals surface area contributed by atoms with Crippen LogP contribution in [0.25, 0.3) is 5.57 Å². The van der Waals surface area contributed by atoms with E-state index < -0.39 is 11.7 Å². The van der Waals surface area contributed by atoms with Gasteiger partial charge in [0.2, 0.25) is 0 Å².